The molecule has 3 heteroatoms. The van der Waals surface area contributed by atoms with Crippen molar-refractivity contribution in [1.29, 1.82) is 0 Å². The lowest BCUT2D eigenvalue weighted by Gasteiger charge is -2.11. The molecule has 0 spiro atoms. The van der Waals surface area contributed by atoms with Gasteiger partial charge >= 0.3 is 0 Å². The van der Waals surface area contributed by atoms with Crippen LogP contribution in [0.15, 0.2) is 30.3 Å². The third kappa shape index (κ3) is 5.85. The van der Waals surface area contributed by atoms with Crippen LogP contribution in [0.3, 0.4) is 0 Å². The van der Waals surface area contributed by atoms with E-state index in [2.05, 4.69) is 12.1 Å². The highest BCUT2D eigenvalue weighted by Gasteiger charge is 2.03. The van der Waals surface area contributed by atoms with Crippen LogP contribution in [0, 0.1) is 0 Å². The lowest BCUT2D eigenvalue weighted by molar-refractivity contribution is 0.0672. The Hall–Kier alpha value is -0.900. The summed E-state index contributed by atoms with van der Waals surface area (Å²) in [4.78, 5) is 0. The Kier molecular flexibility index (Phi) is 6.81. The number of rotatable bonds is 8. The fourth-order valence-corrected chi connectivity index (χ4v) is 1.50. The molecule has 16 heavy (non-hydrogen) atoms. The maximum Gasteiger partial charge on any atom is 0.0700 e. The Morgan fingerprint density at radius 2 is 1.88 bits per heavy atom. The van der Waals surface area contributed by atoms with Gasteiger partial charge in [0, 0.05) is 19.8 Å². The van der Waals surface area contributed by atoms with E-state index in [0.29, 0.717) is 19.8 Å². The normalized spacial score (nSPS) is 12.6. The van der Waals surface area contributed by atoms with Crippen molar-refractivity contribution in [2.24, 2.45) is 5.73 Å². The maximum absolute atomic E-state index is 6.01. The lowest BCUT2D eigenvalue weighted by atomic mass is 10.0. The molecule has 0 amide bonds. The van der Waals surface area contributed by atoms with E-state index in [-0.39, 0.29) is 6.04 Å². The van der Waals surface area contributed by atoms with Gasteiger partial charge in [0.25, 0.3) is 0 Å². The first-order valence-corrected chi connectivity index (χ1v) is 5.69. The first-order valence-electron chi connectivity index (χ1n) is 5.69. The predicted octanol–water partition coefficient (Wildman–Crippen LogP) is 1.61. The Balaban J connectivity index is 2.09. The second-order valence-electron chi connectivity index (χ2n) is 3.84. The SMILES string of the molecule is COCCOCCC(N)Cc1ccccc1. The quantitative estimate of drug-likeness (QED) is 0.681. The predicted molar refractivity (Wildman–Crippen MR) is 65.4 cm³/mol. The minimum absolute atomic E-state index is 0.171. The van der Waals surface area contributed by atoms with Gasteiger partial charge in [0.2, 0.25) is 0 Å². The number of hydrogen-bond acceptors (Lipinski definition) is 3. The minimum Gasteiger partial charge on any atom is -0.382 e. The van der Waals surface area contributed by atoms with Crippen LogP contribution in [0.4, 0.5) is 0 Å². The fraction of sp³-hybridized carbons (Fsp3) is 0.538. The number of hydrogen-bond donors (Lipinski definition) is 1. The van der Waals surface area contributed by atoms with Crippen LogP contribution in [0.1, 0.15) is 12.0 Å². The summed E-state index contributed by atoms with van der Waals surface area (Å²) in [6, 6.07) is 10.5. The first kappa shape index (κ1) is 13.2. The van der Waals surface area contributed by atoms with E-state index in [9.17, 15) is 0 Å². The average Bonchev–Trinajstić information content (AvgIpc) is 2.30. The third-order valence-electron chi connectivity index (χ3n) is 2.41. The van der Waals surface area contributed by atoms with Gasteiger partial charge in [-0.1, -0.05) is 30.3 Å². The molecule has 0 fully saturated rings. The molecule has 1 unspecified atom stereocenters. The number of benzene rings is 1. The summed E-state index contributed by atoms with van der Waals surface area (Å²) in [5.41, 5.74) is 7.29. The van der Waals surface area contributed by atoms with Crippen molar-refractivity contribution in [3.05, 3.63) is 35.9 Å². The molecule has 1 aromatic rings. The number of ether oxygens (including phenoxy) is 2. The van der Waals surface area contributed by atoms with Crippen molar-refractivity contribution in [2.75, 3.05) is 26.9 Å². The standard InChI is InChI=1S/C13H21NO2/c1-15-9-10-16-8-7-13(14)11-12-5-3-2-4-6-12/h2-6,13H,7-11,14H2,1H3. The molecule has 0 heterocycles. The summed E-state index contributed by atoms with van der Waals surface area (Å²) in [6.45, 7) is 2.00. The zero-order chi connectivity index (χ0) is 11.6. The Bertz CT molecular complexity index is 264. The van der Waals surface area contributed by atoms with Crippen molar-refractivity contribution in [3.8, 4) is 0 Å². The van der Waals surface area contributed by atoms with Crippen molar-refractivity contribution in [2.45, 2.75) is 18.9 Å². The maximum atomic E-state index is 6.01. The molecule has 0 bridgehead atoms. The molecule has 0 radical (unpaired) electrons. The van der Waals surface area contributed by atoms with Crippen molar-refractivity contribution < 1.29 is 9.47 Å². The molecule has 1 rings (SSSR count). The molecular weight excluding hydrogens is 202 g/mol. The summed E-state index contributed by atoms with van der Waals surface area (Å²) in [5.74, 6) is 0. The molecular formula is C13H21NO2. The Morgan fingerprint density at radius 1 is 1.12 bits per heavy atom. The molecule has 0 aromatic heterocycles. The molecule has 1 aromatic carbocycles. The highest BCUT2D eigenvalue weighted by Crippen LogP contribution is 2.03. The van der Waals surface area contributed by atoms with Gasteiger partial charge in [0.05, 0.1) is 13.2 Å². The molecule has 0 aliphatic carbocycles. The molecule has 3 nitrogen and oxygen atoms in total. The third-order valence-corrected chi connectivity index (χ3v) is 2.41. The zero-order valence-corrected chi connectivity index (χ0v) is 9.89. The summed E-state index contributed by atoms with van der Waals surface area (Å²) >= 11 is 0. The summed E-state index contributed by atoms with van der Waals surface area (Å²) < 4.78 is 10.3. The van der Waals surface area contributed by atoms with Crippen molar-refractivity contribution in [3.63, 3.8) is 0 Å². The second kappa shape index (κ2) is 8.28. The van der Waals surface area contributed by atoms with Crippen molar-refractivity contribution in [1.82, 2.24) is 0 Å². The highest BCUT2D eigenvalue weighted by molar-refractivity contribution is 5.15. The summed E-state index contributed by atoms with van der Waals surface area (Å²) in [6.07, 6.45) is 1.80. The van der Waals surface area contributed by atoms with Crippen LogP contribution < -0.4 is 5.73 Å². The van der Waals surface area contributed by atoms with Gasteiger partial charge in [-0.2, -0.15) is 0 Å². The zero-order valence-electron chi connectivity index (χ0n) is 9.89. The molecule has 0 saturated heterocycles. The van der Waals surface area contributed by atoms with Gasteiger partial charge in [-0.25, -0.2) is 0 Å². The van der Waals surface area contributed by atoms with Gasteiger partial charge in [0.15, 0.2) is 0 Å². The van der Waals surface area contributed by atoms with Gasteiger partial charge in [-0.05, 0) is 18.4 Å². The van der Waals surface area contributed by atoms with Crippen molar-refractivity contribution >= 4 is 0 Å². The van der Waals surface area contributed by atoms with E-state index >= 15 is 0 Å². The summed E-state index contributed by atoms with van der Waals surface area (Å²) in [5, 5.41) is 0. The van der Waals surface area contributed by atoms with Gasteiger partial charge in [0.1, 0.15) is 0 Å². The molecule has 0 aliphatic rings. The average molecular weight is 223 g/mol. The van der Waals surface area contributed by atoms with E-state index in [1.807, 2.05) is 18.2 Å². The number of methoxy groups -OCH3 is 1. The first-order chi connectivity index (χ1) is 7.83. The van der Waals surface area contributed by atoms with Crippen LogP contribution in [-0.2, 0) is 15.9 Å². The fourth-order valence-electron chi connectivity index (χ4n) is 1.50. The van der Waals surface area contributed by atoms with E-state index < -0.39 is 0 Å². The van der Waals surface area contributed by atoms with E-state index in [1.54, 1.807) is 7.11 Å². The van der Waals surface area contributed by atoms with Crippen LogP contribution in [-0.4, -0.2) is 33.0 Å². The largest absolute Gasteiger partial charge is 0.382 e. The minimum atomic E-state index is 0.171. The van der Waals surface area contributed by atoms with Crippen LogP contribution in [0.2, 0.25) is 0 Å². The monoisotopic (exact) mass is 223 g/mol. The van der Waals surface area contributed by atoms with Crippen LogP contribution in [0.5, 0.6) is 0 Å². The molecule has 0 saturated carbocycles. The van der Waals surface area contributed by atoms with Crippen LogP contribution in [0.25, 0.3) is 0 Å². The van der Waals surface area contributed by atoms with E-state index in [4.69, 9.17) is 15.2 Å². The molecule has 2 N–H and O–H groups in total. The molecule has 1 atom stereocenters. The number of nitrogens with two attached hydrogens (primary N) is 1. The van der Waals surface area contributed by atoms with Gasteiger partial charge in [-0.3, -0.25) is 0 Å². The van der Waals surface area contributed by atoms with E-state index in [0.717, 1.165) is 12.8 Å². The second-order valence-corrected chi connectivity index (χ2v) is 3.84. The topological polar surface area (TPSA) is 44.5 Å². The molecule has 0 aliphatic heterocycles. The summed E-state index contributed by atoms with van der Waals surface area (Å²) in [7, 11) is 1.67. The lowest BCUT2D eigenvalue weighted by Crippen LogP contribution is -2.24. The smallest absolute Gasteiger partial charge is 0.0700 e. The van der Waals surface area contributed by atoms with E-state index in [1.165, 1.54) is 5.56 Å². The highest BCUT2D eigenvalue weighted by atomic mass is 16.5. The van der Waals surface area contributed by atoms with Crippen LogP contribution >= 0.6 is 0 Å². The molecule has 90 valence electrons. The Morgan fingerprint density at radius 3 is 2.56 bits per heavy atom. The van der Waals surface area contributed by atoms with Gasteiger partial charge < -0.3 is 15.2 Å². The van der Waals surface area contributed by atoms with Gasteiger partial charge in [-0.15, -0.1) is 0 Å². The Labute approximate surface area is 97.6 Å².